The predicted octanol–water partition coefficient (Wildman–Crippen LogP) is 5.28. The Hall–Kier alpha value is -3.64. The Kier molecular flexibility index (Phi) is 11.0. The van der Waals surface area contributed by atoms with Gasteiger partial charge in [-0.15, -0.1) is 11.8 Å². The number of benzene rings is 3. The Morgan fingerprint density at radius 2 is 1.14 bits per heavy atom. The predicted molar refractivity (Wildman–Crippen MR) is 165 cm³/mol. The lowest BCUT2D eigenvalue weighted by molar-refractivity contribution is -0.181. The molecule has 6 atom stereocenters. The Bertz CT molecular complexity index is 1400. The van der Waals surface area contributed by atoms with E-state index in [4.69, 9.17) is 18.9 Å². The zero-order valence-corrected chi connectivity index (χ0v) is 25.8. The number of thioether (sulfide) groups is 1. The Morgan fingerprint density at radius 1 is 0.744 bits per heavy atom. The van der Waals surface area contributed by atoms with Crippen LogP contribution in [0.4, 0.5) is 0 Å². The van der Waals surface area contributed by atoms with Crippen molar-refractivity contribution in [3.63, 3.8) is 0 Å². The van der Waals surface area contributed by atoms with Crippen molar-refractivity contribution in [2.75, 3.05) is 6.26 Å². The average Bonchev–Trinajstić information content (AvgIpc) is 3.02. The molecule has 4 unspecified atom stereocenters. The lowest BCUT2D eigenvalue weighted by atomic mass is 9.99. The fraction of sp³-hybridized carbons (Fsp3) is 0.312. The van der Waals surface area contributed by atoms with Crippen LogP contribution in [0.1, 0.15) is 51.8 Å². The minimum atomic E-state index is -1.66. The van der Waals surface area contributed by atoms with Crippen LogP contribution >= 0.6 is 11.8 Å². The van der Waals surface area contributed by atoms with Crippen LogP contribution in [0.15, 0.2) is 95.4 Å². The quantitative estimate of drug-likeness (QED) is 0.135. The molecule has 1 fully saturated rings. The standard InChI is InChI=1S/C32H33NO8S2/c1-32(2,3)43(37)33-20-24-25(39-28(34)21-14-8-5-9-15-21)26(40-29(35)22-16-10-6-11-17-22)27(31(38-24)42-4)41-30(36)23-18-12-7-13-19-23/h5-20,24-27,31H,1-4H3/t24-,25?,26?,27-,31?,43?/m1/s1. The number of ether oxygens (including phenoxy) is 4. The second-order valence-electron chi connectivity index (χ2n) is 10.5. The van der Waals surface area contributed by atoms with Gasteiger partial charge in [0.15, 0.2) is 18.3 Å². The van der Waals surface area contributed by atoms with Crippen molar-refractivity contribution in [2.45, 2.75) is 55.4 Å². The molecule has 0 radical (unpaired) electrons. The number of hydrogen-bond donors (Lipinski definition) is 0. The van der Waals surface area contributed by atoms with Gasteiger partial charge in [-0.2, -0.15) is 0 Å². The highest BCUT2D eigenvalue weighted by molar-refractivity contribution is 7.99. The number of rotatable bonds is 9. The first-order chi connectivity index (χ1) is 20.6. The van der Waals surface area contributed by atoms with E-state index in [2.05, 4.69) is 4.40 Å². The van der Waals surface area contributed by atoms with Gasteiger partial charge >= 0.3 is 17.9 Å². The molecule has 3 aromatic carbocycles. The lowest BCUT2D eigenvalue weighted by Gasteiger charge is -2.43. The summed E-state index contributed by atoms with van der Waals surface area (Å²) in [7, 11) is 0. The molecule has 1 aliphatic rings. The third-order valence-corrected chi connectivity index (χ3v) is 8.55. The molecule has 9 nitrogen and oxygen atoms in total. The Labute approximate surface area is 258 Å². The molecule has 0 spiro atoms. The van der Waals surface area contributed by atoms with Crippen molar-refractivity contribution in [3.8, 4) is 0 Å². The van der Waals surface area contributed by atoms with Crippen LogP contribution in [0.25, 0.3) is 0 Å². The minimum Gasteiger partial charge on any atom is -0.591 e. The first kappa shape index (κ1) is 32.3. The number of carbonyl (C=O) groups excluding carboxylic acids is 3. The maximum absolute atomic E-state index is 13.4. The van der Waals surface area contributed by atoms with Gasteiger partial charge in [0.2, 0.25) is 0 Å². The fourth-order valence-electron chi connectivity index (χ4n) is 4.11. The smallest absolute Gasteiger partial charge is 0.338 e. The van der Waals surface area contributed by atoms with Crippen LogP contribution in [-0.4, -0.2) is 69.5 Å². The maximum atomic E-state index is 13.4. The molecule has 0 amide bonds. The van der Waals surface area contributed by atoms with Gasteiger partial charge in [-0.1, -0.05) is 59.0 Å². The van der Waals surface area contributed by atoms with Crippen molar-refractivity contribution < 1.29 is 37.9 Å². The van der Waals surface area contributed by atoms with Crippen LogP contribution in [0.2, 0.25) is 0 Å². The molecule has 226 valence electrons. The molecule has 43 heavy (non-hydrogen) atoms. The van der Waals surface area contributed by atoms with Crippen LogP contribution in [-0.2, 0) is 30.3 Å². The highest BCUT2D eigenvalue weighted by atomic mass is 32.2. The van der Waals surface area contributed by atoms with E-state index in [1.807, 2.05) is 0 Å². The summed E-state index contributed by atoms with van der Waals surface area (Å²) in [4.78, 5) is 39.9. The first-order valence-corrected chi connectivity index (χ1v) is 15.9. The van der Waals surface area contributed by atoms with E-state index in [0.29, 0.717) is 0 Å². The summed E-state index contributed by atoms with van der Waals surface area (Å²) in [5.74, 6) is -2.12. The molecule has 1 saturated heterocycles. The summed E-state index contributed by atoms with van der Waals surface area (Å²) in [6, 6.07) is 24.9. The molecule has 1 aliphatic heterocycles. The summed E-state index contributed by atoms with van der Waals surface area (Å²) in [5, 5.41) is 0. The van der Waals surface area contributed by atoms with Crippen molar-refractivity contribution in [3.05, 3.63) is 108 Å². The summed E-state index contributed by atoms with van der Waals surface area (Å²) >= 11 is -0.451. The summed E-state index contributed by atoms with van der Waals surface area (Å²) in [6.45, 7) is 5.30. The van der Waals surface area contributed by atoms with Crippen LogP contribution in [0.5, 0.6) is 0 Å². The van der Waals surface area contributed by atoms with Gasteiger partial charge in [-0.05, 0) is 63.4 Å². The zero-order valence-electron chi connectivity index (χ0n) is 24.2. The first-order valence-electron chi connectivity index (χ1n) is 13.5. The SMILES string of the molecule is CSC1O[C@H](C=N[S+]([O-])C(C)(C)C)C(OC(=O)c2ccccc2)C(OC(=O)c2ccccc2)[C@H]1OC(=O)c1ccccc1. The highest BCUT2D eigenvalue weighted by Crippen LogP contribution is 2.34. The van der Waals surface area contributed by atoms with Crippen LogP contribution < -0.4 is 0 Å². The Balaban J connectivity index is 1.76. The summed E-state index contributed by atoms with van der Waals surface area (Å²) in [5.41, 5.74) is -0.102. The largest absolute Gasteiger partial charge is 0.591 e. The summed E-state index contributed by atoms with van der Waals surface area (Å²) in [6.07, 6.45) is -1.90. The van der Waals surface area contributed by atoms with Gasteiger partial charge in [0.25, 0.3) is 0 Å². The number of nitrogens with zero attached hydrogens (tertiary/aromatic N) is 1. The molecule has 0 saturated carbocycles. The van der Waals surface area contributed by atoms with Crippen LogP contribution in [0.3, 0.4) is 0 Å². The molecule has 0 aromatic heterocycles. The van der Waals surface area contributed by atoms with E-state index in [-0.39, 0.29) is 16.7 Å². The van der Waals surface area contributed by atoms with Gasteiger partial charge in [-0.25, -0.2) is 14.4 Å². The van der Waals surface area contributed by atoms with E-state index < -0.39 is 63.9 Å². The van der Waals surface area contributed by atoms with Gasteiger partial charge in [-0.3, -0.25) is 0 Å². The third kappa shape index (κ3) is 8.47. The van der Waals surface area contributed by atoms with Gasteiger partial charge in [0, 0.05) is 0 Å². The zero-order chi connectivity index (χ0) is 31.0. The van der Waals surface area contributed by atoms with E-state index >= 15 is 0 Å². The van der Waals surface area contributed by atoms with Gasteiger partial charge in [0.1, 0.15) is 27.6 Å². The number of esters is 3. The van der Waals surface area contributed by atoms with Crippen LogP contribution in [0, 0.1) is 0 Å². The van der Waals surface area contributed by atoms with E-state index in [1.165, 1.54) is 18.0 Å². The topological polar surface area (TPSA) is 124 Å². The summed E-state index contributed by atoms with van der Waals surface area (Å²) < 4.78 is 40.4. The molecule has 0 aliphatic carbocycles. The fourth-order valence-corrected chi connectivity index (χ4v) is 5.37. The van der Waals surface area contributed by atoms with Gasteiger partial charge in [0.05, 0.1) is 22.9 Å². The average molecular weight is 624 g/mol. The minimum absolute atomic E-state index is 0.245. The molecule has 0 N–H and O–H groups in total. The van der Waals surface area contributed by atoms with E-state index in [1.54, 1.807) is 118 Å². The second-order valence-corrected chi connectivity index (χ2v) is 13.4. The molecule has 4 rings (SSSR count). The number of hydrogen-bond acceptors (Lipinski definition) is 10. The molecular formula is C32H33NO8S2. The number of carbonyl (C=O) groups is 3. The molecule has 1 heterocycles. The normalized spacial score (nSPS) is 22.9. The Morgan fingerprint density at radius 3 is 1.53 bits per heavy atom. The van der Waals surface area contributed by atoms with E-state index in [0.717, 1.165) is 0 Å². The second kappa shape index (κ2) is 14.7. The van der Waals surface area contributed by atoms with Crippen molar-refractivity contribution in [1.29, 1.82) is 0 Å². The van der Waals surface area contributed by atoms with Crippen molar-refractivity contribution in [1.82, 2.24) is 0 Å². The maximum Gasteiger partial charge on any atom is 0.338 e. The monoisotopic (exact) mass is 623 g/mol. The van der Waals surface area contributed by atoms with Crippen molar-refractivity contribution in [2.24, 2.45) is 4.40 Å². The van der Waals surface area contributed by atoms with Gasteiger partial charge < -0.3 is 23.5 Å². The highest BCUT2D eigenvalue weighted by Gasteiger charge is 2.52. The molecule has 0 bridgehead atoms. The van der Waals surface area contributed by atoms with Crippen molar-refractivity contribution >= 4 is 47.2 Å². The third-order valence-electron chi connectivity index (χ3n) is 6.35. The molecule has 11 heteroatoms. The molecule has 3 aromatic rings. The lowest BCUT2D eigenvalue weighted by Crippen LogP contribution is -2.61. The van der Waals surface area contributed by atoms with E-state index in [9.17, 15) is 18.9 Å². The molecular weight excluding hydrogens is 590 g/mol.